The maximum Gasteiger partial charge on any atom is 0.404 e. The zero-order valence-corrected chi connectivity index (χ0v) is 24.9. The summed E-state index contributed by atoms with van der Waals surface area (Å²) in [6.45, 7) is 1.52. The van der Waals surface area contributed by atoms with Crippen LogP contribution in [0.25, 0.3) is 22.0 Å². The van der Waals surface area contributed by atoms with Crippen molar-refractivity contribution in [1.29, 1.82) is 0 Å². The number of fused-ring (bicyclic) bond motifs is 1. The van der Waals surface area contributed by atoms with Gasteiger partial charge in [0.15, 0.2) is 0 Å². The van der Waals surface area contributed by atoms with Gasteiger partial charge < -0.3 is 30.1 Å². The summed E-state index contributed by atoms with van der Waals surface area (Å²) >= 11 is 0. The Kier molecular flexibility index (Phi) is 8.99. The molecule has 0 spiro atoms. The van der Waals surface area contributed by atoms with Crippen molar-refractivity contribution in [2.24, 2.45) is 7.05 Å². The Morgan fingerprint density at radius 2 is 1.84 bits per heavy atom. The van der Waals surface area contributed by atoms with Gasteiger partial charge in [-0.3, -0.25) is 19.0 Å². The van der Waals surface area contributed by atoms with E-state index >= 15 is 0 Å². The first-order chi connectivity index (χ1) is 21.4. The van der Waals surface area contributed by atoms with Crippen molar-refractivity contribution < 1.29 is 33.3 Å². The van der Waals surface area contributed by atoms with E-state index < -0.39 is 31.3 Å². The van der Waals surface area contributed by atoms with Crippen molar-refractivity contribution in [1.82, 2.24) is 29.5 Å². The van der Waals surface area contributed by atoms with Crippen molar-refractivity contribution in [2.45, 2.75) is 39.1 Å². The highest BCUT2D eigenvalue weighted by atomic mass is 19.3. The molecule has 5 rings (SSSR count). The molecule has 2 aromatic carbocycles. The molecule has 238 valence electrons. The molecule has 0 bridgehead atoms. The summed E-state index contributed by atoms with van der Waals surface area (Å²) < 4.78 is 34.0. The largest absolute Gasteiger partial charge is 0.465 e. The minimum Gasteiger partial charge on any atom is -0.465 e. The predicted octanol–water partition coefficient (Wildman–Crippen LogP) is 2.42. The van der Waals surface area contributed by atoms with Crippen LogP contribution in [0.1, 0.15) is 18.1 Å². The molecule has 1 saturated heterocycles. The number of benzene rings is 2. The summed E-state index contributed by atoms with van der Waals surface area (Å²) in [6.07, 6.45) is 0.520. The van der Waals surface area contributed by atoms with E-state index in [0.29, 0.717) is 47.6 Å². The minimum absolute atomic E-state index is 0.0379. The second-order valence-corrected chi connectivity index (χ2v) is 10.9. The van der Waals surface area contributed by atoms with E-state index in [1.165, 1.54) is 15.6 Å². The SMILES string of the molecule is Cc1ccc(OC(F)F)c(Cn2c3cc(-c4cnc(N5CCN(C(=O)C(O)CNC(=O)O)C(C)C5)nc4)ccc3c(=O)n2C)c1. The third-order valence-corrected chi connectivity index (χ3v) is 7.81. The Morgan fingerprint density at radius 1 is 1.11 bits per heavy atom. The van der Waals surface area contributed by atoms with Gasteiger partial charge in [0.1, 0.15) is 11.9 Å². The topological polar surface area (TPSA) is 155 Å². The van der Waals surface area contributed by atoms with Gasteiger partial charge in [-0.1, -0.05) is 23.8 Å². The van der Waals surface area contributed by atoms with Crippen molar-refractivity contribution in [3.8, 4) is 16.9 Å². The lowest BCUT2D eigenvalue weighted by molar-refractivity contribution is -0.142. The molecule has 0 saturated carbocycles. The molecule has 2 amide bonds. The van der Waals surface area contributed by atoms with Crippen molar-refractivity contribution in [3.63, 3.8) is 0 Å². The van der Waals surface area contributed by atoms with Crippen LogP contribution < -0.4 is 20.5 Å². The van der Waals surface area contributed by atoms with Crippen LogP contribution in [0.15, 0.2) is 53.6 Å². The van der Waals surface area contributed by atoms with E-state index in [1.807, 2.05) is 30.1 Å². The number of carbonyl (C=O) groups is 2. The molecule has 1 fully saturated rings. The zero-order chi connectivity index (χ0) is 32.4. The number of hydrogen-bond acceptors (Lipinski definition) is 8. The van der Waals surface area contributed by atoms with Crippen LogP contribution in [0, 0.1) is 6.92 Å². The van der Waals surface area contributed by atoms with Gasteiger partial charge in [0.2, 0.25) is 5.95 Å². The lowest BCUT2D eigenvalue weighted by Crippen LogP contribution is -2.57. The number of nitrogens with zero attached hydrogens (tertiary/aromatic N) is 6. The highest BCUT2D eigenvalue weighted by Gasteiger charge is 2.32. The lowest BCUT2D eigenvalue weighted by atomic mass is 10.1. The number of aryl methyl sites for hydroxylation is 1. The van der Waals surface area contributed by atoms with Crippen LogP contribution >= 0.6 is 0 Å². The van der Waals surface area contributed by atoms with E-state index in [9.17, 15) is 28.3 Å². The van der Waals surface area contributed by atoms with Crippen molar-refractivity contribution >= 4 is 28.9 Å². The van der Waals surface area contributed by atoms with Gasteiger partial charge in [0.25, 0.3) is 11.5 Å². The van der Waals surface area contributed by atoms with E-state index in [2.05, 4.69) is 9.97 Å². The molecule has 3 N–H and O–H groups in total. The third-order valence-electron chi connectivity index (χ3n) is 7.81. The van der Waals surface area contributed by atoms with Crippen LogP contribution in [0.5, 0.6) is 5.75 Å². The zero-order valence-electron chi connectivity index (χ0n) is 24.9. The molecule has 0 aliphatic carbocycles. The number of aliphatic hydroxyl groups excluding tert-OH is 1. The number of aromatic nitrogens is 4. The van der Waals surface area contributed by atoms with E-state index in [-0.39, 0.29) is 23.9 Å². The third kappa shape index (κ3) is 6.72. The van der Waals surface area contributed by atoms with Crippen LogP contribution in [-0.4, -0.2) is 91.4 Å². The van der Waals surface area contributed by atoms with Crippen molar-refractivity contribution in [3.05, 3.63) is 70.3 Å². The molecule has 45 heavy (non-hydrogen) atoms. The average Bonchev–Trinajstić information content (AvgIpc) is 3.24. The smallest absolute Gasteiger partial charge is 0.404 e. The minimum atomic E-state index is -2.98. The number of carbonyl (C=O) groups excluding carboxylic acids is 1. The number of aliphatic hydroxyl groups is 1. The standard InChI is InChI=1S/C30H33F2N7O6/c1-17-4-7-25(45-28(31)32)20(10-17)16-39-23-11-19(5-6-22(23)26(41)36(39)3)21-12-33-29(34-13-21)37-8-9-38(18(2)15-37)27(42)24(40)14-35-30(43)44/h4-7,10-13,18,24,28,35,40H,8-9,14-16H2,1-3H3,(H,43,44). The molecule has 15 heteroatoms. The number of piperazine rings is 1. The molecule has 13 nitrogen and oxygen atoms in total. The number of halogens is 2. The molecular formula is C30H33F2N7O6. The number of anilines is 1. The first-order valence-corrected chi connectivity index (χ1v) is 14.2. The Bertz CT molecular complexity index is 1780. The van der Waals surface area contributed by atoms with Crippen LogP contribution in [-0.2, 0) is 18.4 Å². The Morgan fingerprint density at radius 3 is 2.51 bits per heavy atom. The number of ether oxygens (including phenoxy) is 1. The molecule has 2 unspecified atom stereocenters. The van der Waals surface area contributed by atoms with Crippen LogP contribution in [0.3, 0.4) is 0 Å². The molecule has 0 radical (unpaired) electrons. The van der Waals surface area contributed by atoms with Gasteiger partial charge in [-0.25, -0.2) is 14.8 Å². The molecule has 2 atom stereocenters. The van der Waals surface area contributed by atoms with Crippen molar-refractivity contribution in [2.75, 3.05) is 31.1 Å². The molecule has 3 heterocycles. The van der Waals surface area contributed by atoms with Gasteiger partial charge in [0.05, 0.1) is 24.0 Å². The maximum atomic E-state index is 13.1. The number of carboxylic acid groups (broad SMARTS) is 1. The summed E-state index contributed by atoms with van der Waals surface area (Å²) in [4.78, 5) is 48.8. The molecule has 1 aliphatic heterocycles. The number of hydrogen-bond donors (Lipinski definition) is 3. The average molecular weight is 626 g/mol. The summed E-state index contributed by atoms with van der Waals surface area (Å²) in [5.41, 5.74) is 3.17. The summed E-state index contributed by atoms with van der Waals surface area (Å²) in [5, 5.41) is 21.3. The van der Waals surface area contributed by atoms with Gasteiger partial charge in [-0.2, -0.15) is 8.78 Å². The first-order valence-electron chi connectivity index (χ1n) is 14.2. The monoisotopic (exact) mass is 625 g/mol. The molecule has 2 aromatic heterocycles. The maximum absolute atomic E-state index is 13.1. The highest BCUT2D eigenvalue weighted by Crippen LogP contribution is 2.27. The molecule has 1 aliphatic rings. The normalized spacial score (nSPS) is 15.8. The molecular weight excluding hydrogens is 592 g/mol. The van der Waals surface area contributed by atoms with Gasteiger partial charge in [-0.05, 0) is 37.6 Å². The number of alkyl halides is 2. The predicted molar refractivity (Wildman–Crippen MR) is 161 cm³/mol. The fraction of sp³-hybridized carbons (Fsp3) is 0.367. The Hall–Kier alpha value is -5.05. The Balaban J connectivity index is 1.34. The number of amides is 2. The van der Waals surface area contributed by atoms with Crippen LogP contribution in [0.4, 0.5) is 19.5 Å². The molecule has 4 aromatic rings. The quantitative estimate of drug-likeness (QED) is 0.254. The lowest BCUT2D eigenvalue weighted by Gasteiger charge is -2.40. The summed E-state index contributed by atoms with van der Waals surface area (Å²) in [5.74, 6) is -0.0625. The van der Waals surface area contributed by atoms with E-state index in [0.717, 1.165) is 11.1 Å². The second-order valence-electron chi connectivity index (χ2n) is 10.9. The van der Waals surface area contributed by atoms with E-state index in [4.69, 9.17) is 9.84 Å². The summed E-state index contributed by atoms with van der Waals surface area (Å²) in [6, 6.07) is 9.97. The van der Waals surface area contributed by atoms with Gasteiger partial charge >= 0.3 is 12.7 Å². The summed E-state index contributed by atoms with van der Waals surface area (Å²) in [7, 11) is 1.62. The van der Waals surface area contributed by atoms with Crippen LogP contribution in [0.2, 0.25) is 0 Å². The van der Waals surface area contributed by atoms with Gasteiger partial charge in [0, 0.05) is 56.2 Å². The fourth-order valence-corrected chi connectivity index (χ4v) is 5.51. The Labute approximate surface area is 256 Å². The van der Waals surface area contributed by atoms with E-state index in [1.54, 1.807) is 48.4 Å². The highest BCUT2D eigenvalue weighted by molar-refractivity contribution is 5.84. The number of nitrogens with one attached hydrogen (secondary N) is 1. The fourth-order valence-electron chi connectivity index (χ4n) is 5.51. The first kappa shape index (κ1) is 31.4. The number of rotatable bonds is 9. The van der Waals surface area contributed by atoms with Gasteiger partial charge in [-0.15, -0.1) is 0 Å². The second kappa shape index (κ2) is 12.9.